The lowest BCUT2D eigenvalue weighted by Crippen LogP contribution is -2.66. The first-order valence-corrected chi connectivity index (χ1v) is 19.8. The molecular weight excluding hydrogens is 619 g/mol. The molecule has 5 aliphatic rings. The summed E-state index contributed by atoms with van der Waals surface area (Å²) in [5.74, 6) is 2.25. The molecule has 0 spiro atoms. The number of rotatable bonds is 6. The number of carbonyl (C=O) groups is 2. The van der Waals surface area contributed by atoms with E-state index in [2.05, 4.69) is 115 Å². The fourth-order valence-corrected chi connectivity index (χ4v) is 13.3. The van der Waals surface area contributed by atoms with Crippen LogP contribution in [0.5, 0.6) is 0 Å². The van der Waals surface area contributed by atoms with Crippen LogP contribution >= 0.6 is 0 Å². The van der Waals surface area contributed by atoms with Gasteiger partial charge in [0, 0.05) is 5.41 Å². The Kier molecular flexibility index (Phi) is 8.58. The van der Waals surface area contributed by atoms with Crippen molar-refractivity contribution < 1.29 is 14.3 Å². The van der Waals surface area contributed by atoms with E-state index in [1.54, 1.807) is 5.57 Å². The van der Waals surface area contributed by atoms with Gasteiger partial charge in [0.05, 0.1) is 30.1 Å². The van der Waals surface area contributed by atoms with Crippen molar-refractivity contribution >= 4 is 11.9 Å². The average molecular weight is 682 g/mol. The van der Waals surface area contributed by atoms with Gasteiger partial charge >= 0.3 is 5.97 Å². The van der Waals surface area contributed by atoms with Crippen molar-refractivity contribution in [3.8, 4) is 5.69 Å². The number of hydrogen-bond donors (Lipinski definition) is 1. The van der Waals surface area contributed by atoms with Gasteiger partial charge in [-0.2, -0.15) is 5.10 Å². The molecule has 0 aliphatic heterocycles. The van der Waals surface area contributed by atoms with E-state index in [1.807, 2.05) is 0 Å². The molecule has 1 heterocycles. The van der Waals surface area contributed by atoms with Crippen molar-refractivity contribution in [2.24, 2.45) is 57.2 Å². The molecule has 7 rings (SSSR count). The smallest absolute Gasteiger partial charge is 0.328 e. The Morgan fingerprint density at radius 3 is 2.38 bits per heavy atom. The van der Waals surface area contributed by atoms with Gasteiger partial charge in [0.2, 0.25) is 5.91 Å². The van der Waals surface area contributed by atoms with Crippen molar-refractivity contribution in [2.75, 3.05) is 7.11 Å². The van der Waals surface area contributed by atoms with Crippen LogP contribution in [0.3, 0.4) is 0 Å². The summed E-state index contributed by atoms with van der Waals surface area (Å²) in [6.45, 7) is 21.8. The number of ether oxygens (including phenoxy) is 1. The minimum atomic E-state index is -0.603. The van der Waals surface area contributed by atoms with Crippen LogP contribution in [-0.4, -0.2) is 34.8 Å². The van der Waals surface area contributed by atoms with Crippen LogP contribution in [0.1, 0.15) is 125 Å². The largest absolute Gasteiger partial charge is 0.467 e. The second-order valence-electron chi connectivity index (χ2n) is 19.1. The van der Waals surface area contributed by atoms with Crippen molar-refractivity contribution in [1.82, 2.24) is 15.1 Å². The zero-order valence-corrected chi connectivity index (χ0v) is 32.6. The lowest BCUT2D eigenvalue weighted by Gasteiger charge is -2.71. The van der Waals surface area contributed by atoms with Crippen LogP contribution in [0.25, 0.3) is 5.69 Å². The number of amides is 1. The molecule has 0 bridgehead atoms. The van der Waals surface area contributed by atoms with Crippen LogP contribution in [0.2, 0.25) is 0 Å². The lowest BCUT2D eigenvalue weighted by molar-refractivity contribution is -0.171. The first-order chi connectivity index (χ1) is 23.5. The van der Waals surface area contributed by atoms with Gasteiger partial charge < -0.3 is 10.1 Å². The molecular formula is C44H63N3O3. The quantitative estimate of drug-likeness (QED) is 0.244. The standard InChI is InChI=1S/C44H63N3O3/c1-27(2)24-33(38(48)50-10)46-39(49)44-21-18-28(3)29(4)36(44)32-16-17-35-41(7)25-30-26-45-47(31-14-12-11-13-15-31)37(30)40(5,6)34(41)19-20-43(35,9)42(32,8)22-23-44/h11-16,26-29,33-36H,17-25H2,1-10H3,(H,46,49)/t28-,29+,33?,34+,35-,36+,41+,42-,43-,44+/m1/s1. The van der Waals surface area contributed by atoms with Crippen molar-refractivity contribution in [2.45, 2.75) is 132 Å². The van der Waals surface area contributed by atoms with Crippen LogP contribution in [0.4, 0.5) is 0 Å². The number of hydrogen-bond acceptors (Lipinski definition) is 4. The van der Waals surface area contributed by atoms with Gasteiger partial charge in [0.15, 0.2) is 0 Å². The topological polar surface area (TPSA) is 73.2 Å². The third-order valence-electron chi connectivity index (χ3n) is 16.1. The summed E-state index contributed by atoms with van der Waals surface area (Å²) < 4.78 is 7.42. The van der Waals surface area contributed by atoms with Crippen LogP contribution in [0.15, 0.2) is 48.2 Å². The second-order valence-corrected chi connectivity index (χ2v) is 19.1. The summed E-state index contributed by atoms with van der Waals surface area (Å²) in [4.78, 5) is 27.6. The Morgan fingerprint density at radius 1 is 0.980 bits per heavy atom. The molecule has 1 aromatic carbocycles. The maximum Gasteiger partial charge on any atom is 0.328 e. The van der Waals surface area contributed by atoms with Gasteiger partial charge in [-0.25, -0.2) is 9.48 Å². The zero-order chi connectivity index (χ0) is 36.0. The first-order valence-electron chi connectivity index (χ1n) is 19.8. The molecule has 10 atom stereocenters. The summed E-state index contributed by atoms with van der Waals surface area (Å²) in [7, 11) is 1.43. The molecule has 0 saturated heterocycles. The van der Waals surface area contributed by atoms with Crippen molar-refractivity contribution in [3.63, 3.8) is 0 Å². The lowest BCUT2D eigenvalue weighted by atomic mass is 9.33. The van der Waals surface area contributed by atoms with Gasteiger partial charge in [-0.3, -0.25) is 4.79 Å². The van der Waals surface area contributed by atoms with Gasteiger partial charge in [0.25, 0.3) is 0 Å². The Morgan fingerprint density at radius 2 is 1.70 bits per heavy atom. The normalized spacial score (nSPS) is 39.1. The number of allylic oxidation sites excluding steroid dienone is 2. The Bertz CT molecular complexity index is 1670. The molecule has 0 radical (unpaired) electrons. The molecule has 50 heavy (non-hydrogen) atoms. The van der Waals surface area contributed by atoms with E-state index in [4.69, 9.17) is 9.84 Å². The molecule has 6 heteroatoms. The van der Waals surface area contributed by atoms with E-state index < -0.39 is 11.5 Å². The van der Waals surface area contributed by atoms with E-state index in [0.717, 1.165) is 44.2 Å². The second kappa shape index (κ2) is 12.1. The fraction of sp³-hybridized carbons (Fsp3) is 0.705. The molecule has 2 aromatic rings. The monoisotopic (exact) mass is 681 g/mol. The van der Waals surface area contributed by atoms with E-state index in [9.17, 15) is 9.59 Å². The highest BCUT2D eigenvalue weighted by molar-refractivity contribution is 5.89. The molecule has 272 valence electrons. The number of para-hydroxylation sites is 1. The van der Waals surface area contributed by atoms with Gasteiger partial charge in [-0.05, 0) is 127 Å². The van der Waals surface area contributed by atoms with Gasteiger partial charge in [-0.1, -0.05) is 92.2 Å². The molecule has 3 saturated carbocycles. The summed E-state index contributed by atoms with van der Waals surface area (Å²) in [6, 6.07) is 10.1. The highest BCUT2D eigenvalue weighted by Gasteiger charge is 2.69. The third-order valence-corrected chi connectivity index (χ3v) is 16.1. The first kappa shape index (κ1) is 35.5. The number of nitrogens with one attached hydrogen (secondary N) is 1. The predicted octanol–water partition coefficient (Wildman–Crippen LogP) is 9.25. The molecule has 6 nitrogen and oxygen atoms in total. The summed E-state index contributed by atoms with van der Waals surface area (Å²) in [5.41, 5.74) is 5.30. The molecule has 1 aromatic heterocycles. The number of methoxy groups -OCH3 is 1. The third kappa shape index (κ3) is 4.88. The van der Waals surface area contributed by atoms with Gasteiger partial charge in [-0.15, -0.1) is 0 Å². The Hall–Kier alpha value is -2.89. The molecule has 5 aliphatic carbocycles. The maximum atomic E-state index is 14.7. The number of esters is 1. The van der Waals surface area contributed by atoms with Crippen LogP contribution < -0.4 is 5.32 Å². The Labute approximate surface area is 301 Å². The summed E-state index contributed by atoms with van der Waals surface area (Å²) in [5, 5.41) is 8.32. The molecule has 1 unspecified atom stereocenters. The molecule has 3 fully saturated rings. The predicted molar refractivity (Wildman–Crippen MR) is 200 cm³/mol. The van der Waals surface area contributed by atoms with Crippen LogP contribution in [-0.2, 0) is 26.2 Å². The maximum absolute atomic E-state index is 14.7. The van der Waals surface area contributed by atoms with E-state index in [0.29, 0.717) is 30.1 Å². The minimum Gasteiger partial charge on any atom is -0.467 e. The number of carbonyl (C=O) groups excluding carboxylic acids is 2. The average Bonchev–Trinajstić information content (AvgIpc) is 3.50. The van der Waals surface area contributed by atoms with E-state index in [1.165, 1.54) is 31.2 Å². The van der Waals surface area contributed by atoms with Crippen molar-refractivity contribution in [1.29, 1.82) is 0 Å². The number of fused-ring (bicyclic) bond motifs is 8. The number of benzene rings is 1. The SMILES string of the molecule is COC(=O)C(CC(C)C)NC(=O)[C@]12CC[C@@H](C)[C@H](C)[C@H]1C1=CC[C@@H]3[C@@]4(C)Cc5cnn(-c6ccccc6)c5C(C)(C)[C@@H]4CC[C@@]3(C)[C@]1(C)CC2. The van der Waals surface area contributed by atoms with Gasteiger partial charge in [0.1, 0.15) is 6.04 Å². The zero-order valence-electron chi connectivity index (χ0n) is 32.6. The molecule has 1 amide bonds. The summed E-state index contributed by atoms with van der Waals surface area (Å²) in [6.07, 6.45) is 13.8. The minimum absolute atomic E-state index is 0.0137. The van der Waals surface area contributed by atoms with Crippen molar-refractivity contribution in [3.05, 3.63) is 59.4 Å². The van der Waals surface area contributed by atoms with Crippen LogP contribution in [0, 0.1) is 57.2 Å². The fourth-order valence-electron chi connectivity index (χ4n) is 13.3. The number of aromatic nitrogens is 2. The number of nitrogens with zero attached hydrogens (tertiary/aromatic N) is 2. The van der Waals surface area contributed by atoms with E-state index in [-0.39, 0.29) is 45.4 Å². The Balaban J connectivity index is 1.27. The highest BCUT2D eigenvalue weighted by atomic mass is 16.5. The highest BCUT2D eigenvalue weighted by Crippen LogP contribution is 2.75. The van der Waals surface area contributed by atoms with E-state index >= 15 is 0 Å². The summed E-state index contributed by atoms with van der Waals surface area (Å²) >= 11 is 0. The molecule has 1 N–H and O–H groups in total.